The van der Waals surface area contributed by atoms with E-state index in [2.05, 4.69) is 14.9 Å². The third-order valence-corrected chi connectivity index (χ3v) is 3.39. The number of aromatic nitrogens is 3. The molecule has 0 spiro atoms. The van der Waals surface area contributed by atoms with Crippen LogP contribution in [0.5, 0.6) is 0 Å². The molecule has 0 aliphatic carbocycles. The Bertz CT molecular complexity index is 777. The van der Waals surface area contributed by atoms with E-state index in [1.807, 2.05) is 0 Å². The zero-order valence-electron chi connectivity index (χ0n) is 12.6. The van der Waals surface area contributed by atoms with Crippen molar-refractivity contribution in [1.29, 1.82) is 0 Å². The molecule has 0 amide bonds. The van der Waals surface area contributed by atoms with Crippen molar-refractivity contribution in [2.75, 3.05) is 0 Å². The molecule has 1 aromatic carbocycles. The second kappa shape index (κ2) is 6.41. The number of benzene rings is 1. The highest BCUT2D eigenvalue weighted by molar-refractivity contribution is 5.88. The number of hydrogen-bond donors (Lipinski definition) is 1. The fourth-order valence-electron chi connectivity index (χ4n) is 2.11. The van der Waals surface area contributed by atoms with Crippen LogP contribution in [0.4, 0.5) is 18.9 Å². The summed E-state index contributed by atoms with van der Waals surface area (Å²) in [5, 5.41) is 14.0. The van der Waals surface area contributed by atoms with Gasteiger partial charge in [0.25, 0.3) is 0 Å². The molecule has 1 aromatic heterocycles. The molecule has 0 aliphatic heterocycles. The van der Waals surface area contributed by atoms with Gasteiger partial charge in [0.1, 0.15) is 18.3 Å². The molecule has 0 aliphatic rings. The Balaban J connectivity index is 2.21. The summed E-state index contributed by atoms with van der Waals surface area (Å²) in [7, 11) is 0. The predicted octanol–water partition coefficient (Wildman–Crippen LogP) is 2.41. The van der Waals surface area contributed by atoms with Crippen LogP contribution in [0.3, 0.4) is 0 Å². The number of halogens is 3. The average molecular weight is 338 g/mol. The van der Waals surface area contributed by atoms with Crippen LogP contribution in [0.25, 0.3) is 4.85 Å². The second-order valence-corrected chi connectivity index (χ2v) is 5.43. The first-order chi connectivity index (χ1) is 11.1. The summed E-state index contributed by atoms with van der Waals surface area (Å²) in [6, 6.07) is 3.05. The minimum absolute atomic E-state index is 0.0681. The van der Waals surface area contributed by atoms with Crippen molar-refractivity contribution >= 4 is 11.5 Å². The third-order valence-electron chi connectivity index (χ3n) is 3.39. The molecule has 0 saturated carbocycles. The first-order valence-electron chi connectivity index (χ1n) is 6.79. The van der Waals surface area contributed by atoms with Crippen LogP contribution < -0.4 is 0 Å². The number of carbonyl (C=O) groups excluding carboxylic acids is 1. The van der Waals surface area contributed by atoms with Gasteiger partial charge in [-0.25, -0.2) is 14.5 Å². The van der Waals surface area contributed by atoms with Gasteiger partial charge in [-0.15, -0.1) is 0 Å². The number of nitrogens with zero attached hydrogens (tertiary/aromatic N) is 4. The summed E-state index contributed by atoms with van der Waals surface area (Å²) in [5.74, 6) is -0.665. The van der Waals surface area contributed by atoms with Crippen LogP contribution in [0, 0.1) is 6.57 Å². The molecule has 0 radical (unpaired) electrons. The molecule has 0 unspecified atom stereocenters. The van der Waals surface area contributed by atoms with Crippen LogP contribution in [-0.2, 0) is 23.9 Å². The molecule has 24 heavy (non-hydrogen) atoms. The summed E-state index contributed by atoms with van der Waals surface area (Å²) < 4.78 is 40.1. The molecule has 1 heterocycles. The minimum atomic E-state index is -4.69. The summed E-state index contributed by atoms with van der Waals surface area (Å²) in [4.78, 5) is 18.7. The van der Waals surface area contributed by atoms with Gasteiger partial charge in [0, 0.05) is 6.42 Å². The molecule has 6 nitrogen and oxygen atoms in total. The number of aliphatic hydroxyl groups is 1. The lowest BCUT2D eigenvalue weighted by Crippen LogP contribution is -2.40. The molecule has 126 valence electrons. The number of rotatable bonds is 5. The van der Waals surface area contributed by atoms with E-state index < -0.39 is 35.2 Å². The van der Waals surface area contributed by atoms with E-state index in [0.29, 0.717) is 0 Å². The van der Waals surface area contributed by atoms with Crippen LogP contribution in [-0.4, -0.2) is 31.3 Å². The van der Waals surface area contributed by atoms with Crippen LogP contribution >= 0.6 is 0 Å². The lowest BCUT2D eigenvalue weighted by Gasteiger charge is -2.21. The zero-order valence-corrected chi connectivity index (χ0v) is 12.6. The van der Waals surface area contributed by atoms with E-state index in [4.69, 9.17) is 6.57 Å². The molecular weight excluding hydrogens is 325 g/mol. The molecule has 9 heteroatoms. The van der Waals surface area contributed by atoms with E-state index in [1.54, 1.807) is 0 Å². The fourth-order valence-corrected chi connectivity index (χ4v) is 2.11. The predicted molar refractivity (Wildman–Crippen MR) is 77.1 cm³/mol. The van der Waals surface area contributed by atoms with Crippen molar-refractivity contribution in [1.82, 2.24) is 14.8 Å². The van der Waals surface area contributed by atoms with Gasteiger partial charge in [-0.05, 0) is 12.5 Å². The number of Topliss-reactive ketones (excluding diaryl/α,β-unsaturated/α-hetero) is 1. The van der Waals surface area contributed by atoms with Crippen molar-refractivity contribution in [2.24, 2.45) is 0 Å². The Kier molecular flexibility index (Phi) is 4.71. The molecule has 1 N–H and O–H groups in total. The lowest BCUT2D eigenvalue weighted by atomic mass is 9.94. The van der Waals surface area contributed by atoms with E-state index in [-0.39, 0.29) is 12.1 Å². The second-order valence-electron chi connectivity index (χ2n) is 5.43. The Morgan fingerprint density at radius 1 is 1.42 bits per heavy atom. The normalized spacial score (nSPS) is 14.0. The number of ketones is 1. The van der Waals surface area contributed by atoms with Gasteiger partial charge in [0.05, 0.1) is 18.7 Å². The smallest absolute Gasteiger partial charge is 0.380 e. The summed E-state index contributed by atoms with van der Waals surface area (Å²) in [6.07, 6.45) is -2.54. The zero-order chi connectivity index (χ0) is 18.0. The van der Waals surface area contributed by atoms with Crippen LogP contribution in [0.2, 0.25) is 0 Å². The molecular formula is C15H13F3N4O2. The Morgan fingerprint density at radius 3 is 2.67 bits per heavy atom. The maximum Gasteiger partial charge on any atom is 0.407 e. The lowest BCUT2D eigenvalue weighted by molar-refractivity contribution is -0.138. The quantitative estimate of drug-likeness (QED) is 0.850. The Labute approximate surface area is 135 Å². The number of hydrogen-bond acceptors (Lipinski definition) is 4. The maximum absolute atomic E-state index is 12.9. The number of alkyl halides is 3. The Hall–Kier alpha value is -2.73. The SMILES string of the molecule is [C-]#[N+]c1ccc(CC(=O)[C@@](C)(O)Cn2cncn2)cc1C(F)(F)F. The standard InChI is InChI=1S/C15H13F3N4O2/c1-14(24,7-22-9-20-8-21-22)13(23)6-10-3-4-12(19-2)11(5-10)15(16,17)18/h3-5,8-9,24H,6-7H2,1H3/t14-/m0/s1. The molecule has 1 atom stereocenters. The van der Waals surface area contributed by atoms with Gasteiger partial charge in [-0.3, -0.25) is 4.79 Å². The monoisotopic (exact) mass is 338 g/mol. The molecule has 2 aromatic rings. The highest BCUT2D eigenvalue weighted by atomic mass is 19.4. The highest BCUT2D eigenvalue weighted by Crippen LogP contribution is 2.37. The average Bonchev–Trinajstić information content (AvgIpc) is 2.98. The van der Waals surface area contributed by atoms with Crippen molar-refractivity contribution < 1.29 is 23.1 Å². The van der Waals surface area contributed by atoms with Gasteiger partial charge in [0.15, 0.2) is 11.5 Å². The van der Waals surface area contributed by atoms with Gasteiger partial charge >= 0.3 is 6.18 Å². The third kappa shape index (κ3) is 3.97. The summed E-state index contributed by atoms with van der Waals surface area (Å²) in [5.41, 5.74) is -3.38. The van der Waals surface area contributed by atoms with E-state index in [9.17, 15) is 23.1 Å². The van der Waals surface area contributed by atoms with Crippen molar-refractivity contribution in [3.8, 4) is 0 Å². The minimum Gasteiger partial charge on any atom is -0.380 e. The van der Waals surface area contributed by atoms with Crippen LogP contribution in [0.1, 0.15) is 18.1 Å². The maximum atomic E-state index is 12.9. The largest absolute Gasteiger partial charge is 0.407 e. The van der Waals surface area contributed by atoms with E-state index in [1.165, 1.54) is 30.3 Å². The van der Waals surface area contributed by atoms with Gasteiger partial charge in [-0.2, -0.15) is 18.3 Å². The van der Waals surface area contributed by atoms with Crippen molar-refractivity contribution in [2.45, 2.75) is 31.7 Å². The fraction of sp³-hybridized carbons (Fsp3) is 0.333. The van der Waals surface area contributed by atoms with E-state index >= 15 is 0 Å². The van der Waals surface area contributed by atoms with Gasteiger partial charge < -0.3 is 5.11 Å². The number of carbonyl (C=O) groups is 1. The summed E-state index contributed by atoms with van der Waals surface area (Å²) >= 11 is 0. The van der Waals surface area contributed by atoms with Gasteiger partial charge in [0.2, 0.25) is 0 Å². The highest BCUT2D eigenvalue weighted by Gasteiger charge is 2.35. The Morgan fingerprint density at radius 2 is 2.12 bits per heavy atom. The summed E-state index contributed by atoms with van der Waals surface area (Å²) in [6.45, 7) is 7.88. The molecule has 0 saturated heterocycles. The first kappa shape index (κ1) is 17.6. The van der Waals surface area contributed by atoms with Crippen LogP contribution in [0.15, 0.2) is 30.9 Å². The van der Waals surface area contributed by atoms with Gasteiger partial charge in [-0.1, -0.05) is 18.2 Å². The molecule has 0 bridgehead atoms. The molecule has 2 rings (SSSR count). The first-order valence-corrected chi connectivity index (χ1v) is 6.79. The topological polar surface area (TPSA) is 72.4 Å². The van der Waals surface area contributed by atoms with E-state index in [0.717, 1.165) is 12.1 Å². The van der Waals surface area contributed by atoms with Crippen molar-refractivity contribution in [3.05, 3.63) is 53.4 Å². The molecule has 0 fully saturated rings. The van der Waals surface area contributed by atoms with Crippen molar-refractivity contribution in [3.63, 3.8) is 0 Å².